The lowest BCUT2D eigenvalue weighted by molar-refractivity contribution is -0.129. The minimum absolute atomic E-state index is 0.236. The van der Waals surface area contributed by atoms with Gasteiger partial charge in [-0.25, -0.2) is 0 Å². The van der Waals surface area contributed by atoms with Gasteiger partial charge in [-0.1, -0.05) is 75.2 Å². The summed E-state index contributed by atoms with van der Waals surface area (Å²) in [4.78, 5) is 14.2. The molecule has 1 atom stereocenters. The van der Waals surface area contributed by atoms with Crippen molar-refractivity contribution in [3.05, 3.63) is 0 Å². The van der Waals surface area contributed by atoms with Crippen molar-refractivity contribution in [2.24, 2.45) is 22.2 Å². The van der Waals surface area contributed by atoms with Gasteiger partial charge >= 0.3 is 0 Å². The first-order valence-corrected chi connectivity index (χ1v) is 11.5. The molecule has 2 nitrogen and oxygen atoms in total. The zero-order chi connectivity index (χ0) is 21.3. The zero-order valence-corrected chi connectivity index (χ0v) is 20.5. The van der Waals surface area contributed by atoms with E-state index >= 15 is 0 Å². The average molecular weight is 382 g/mol. The first-order valence-electron chi connectivity index (χ1n) is 11.5. The molecule has 1 amide bonds. The van der Waals surface area contributed by atoms with E-state index in [-0.39, 0.29) is 11.3 Å². The Kier molecular flexibility index (Phi) is 11.2. The molecule has 0 N–H and O–H groups in total. The smallest absolute Gasteiger partial charge is 0.219 e. The van der Waals surface area contributed by atoms with Crippen LogP contribution in [0.2, 0.25) is 0 Å². The van der Waals surface area contributed by atoms with Gasteiger partial charge in [-0.3, -0.25) is 4.79 Å². The van der Waals surface area contributed by atoms with E-state index in [1.807, 2.05) is 0 Å². The number of carbonyl (C=O) groups is 1. The van der Waals surface area contributed by atoms with Crippen LogP contribution in [0.25, 0.3) is 0 Å². The molecule has 0 aromatic heterocycles. The highest BCUT2D eigenvalue weighted by molar-refractivity contribution is 5.73. The summed E-state index contributed by atoms with van der Waals surface area (Å²) in [5, 5.41) is 0. The third-order valence-corrected chi connectivity index (χ3v) is 6.37. The van der Waals surface area contributed by atoms with Gasteiger partial charge in [-0.05, 0) is 60.7 Å². The van der Waals surface area contributed by atoms with Crippen LogP contribution < -0.4 is 0 Å². The molecular weight excluding hydrogens is 330 g/mol. The van der Waals surface area contributed by atoms with Gasteiger partial charge < -0.3 is 4.90 Å². The predicted octanol–water partition coefficient (Wildman–Crippen LogP) is 7.71. The van der Waals surface area contributed by atoms with Crippen molar-refractivity contribution in [3.8, 4) is 0 Å². The van der Waals surface area contributed by atoms with Crippen LogP contribution >= 0.6 is 0 Å². The molecule has 0 aliphatic rings. The van der Waals surface area contributed by atoms with Crippen LogP contribution in [-0.4, -0.2) is 23.9 Å². The standard InChI is InChI=1S/C25H51NO/c1-11-15-24(7,8)20-25(9,10)16-18-26(22(4)27)17-13-14-21(3)19-23(5,6)12-2/h21H,11-20H2,1-10H3. The number of hydrogen-bond donors (Lipinski definition) is 0. The van der Waals surface area contributed by atoms with Gasteiger partial charge in [0.15, 0.2) is 0 Å². The van der Waals surface area contributed by atoms with E-state index in [4.69, 9.17) is 0 Å². The molecule has 27 heavy (non-hydrogen) atoms. The minimum Gasteiger partial charge on any atom is -0.343 e. The third kappa shape index (κ3) is 12.5. The maximum atomic E-state index is 12.1. The number of hydrogen-bond acceptors (Lipinski definition) is 1. The molecule has 0 spiro atoms. The fourth-order valence-electron chi connectivity index (χ4n) is 4.83. The summed E-state index contributed by atoms with van der Waals surface area (Å²) < 4.78 is 0. The normalized spacial score (nSPS) is 14.3. The molecule has 0 bridgehead atoms. The number of carbonyl (C=O) groups excluding carboxylic acids is 1. The molecule has 0 radical (unpaired) electrons. The summed E-state index contributed by atoms with van der Waals surface area (Å²) in [6.45, 7) is 24.7. The Morgan fingerprint density at radius 3 is 1.93 bits per heavy atom. The van der Waals surface area contributed by atoms with E-state index in [1.165, 1.54) is 38.5 Å². The van der Waals surface area contributed by atoms with Gasteiger partial charge in [0.25, 0.3) is 0 Å². The molecule has 0 aromatic rings. The van der Waals surface area contributed by atoms with Crippen molar-refractivity contribution < 1.29 is 4.79 Å². The van der Waals surface area contributed by atoms with Crippen LogP contribution in [0.15, 0.2) is 0 Å². The lowest BCUT2D eigenvalue weighted by atomic mass is 9.71. The molecule has 0 saturated carbocycles. The molecule has 2 heteroatoms. The van der Waals surface area contributed by atoms with E-state index in [0.29, 0.717) is 10.8 Å². The summed E-state index contributed by atoms with van der Waals surface area (Å²) in [6.07, 6.45) is 9.71. The highest BCUT2D eigenvalue weighted by atomic mass is 16.2. The first-order chi connectivity index (χ1) is 12.2. The Balaban J connectivity index is 4.47. The van der Waals surface area contributed by atoms with E-state index in [9.17, 15) is 4.79 Å². The second-order valence-corrected chi connectivity index (χ2v) is 11.5. The number of rotatable bonds is 14. The molecule has 0 aliphatic heterocycles. The molecule has 0 saturated heterocycles. The Bertz CT molecular complexity index is 422. The molecule has 0 fully saturated rings. The van der Waals surface area contributed by atoms with Crippen LogP contribution in [0.1, 0.15) is 121 Å². The molecular formula is C25H51NO. The van der Waals surface area contributed by atoms with Crippen LogP contribution in [0, 0.1) is 22.2 Å². The van der Waals surface area contributed by atoms with Crippen LogP contribution in [0.4, 0.5) is 0 Å². The maximum Gasteiger partial charge on any atom is 0.219 e. The minimum atomic E-state index is 0.236. The summed E-state index contributed by atoms with van der Waals surface area (Å²) in [6, 6.07) is 0. The SMILES string of the molecule is CCCC(C)(C)CC(C)(C)CCN(CCCC(C)CC(C)(C)CC)C(C)=O. The zero-order valence-electron chi connectivity index (χ0n) is 20.5. The summed E-state index contributed by atoms with van der Waals surface area (Å²) >= 11 is 0. The molecule has 0 aliphatic carbocycles. The van der Waals surface area contributed by atoms with Crippen molar-refractivity contribution >= 4 is 5.91 Å². The average Bonchev–Trinajstić information content (AvgIpc) is 2.48. The largest absolute Gasteiger partial charge is 0.343 e. The summed E-state index contributed by atoms with van der Waals surface area (Å²) in [5.74, 6) is 0.972. The molecule has 162 valence electrons. The Hall–Kier alpha value is -0.530. The molecule has 0 aromatic carbocycles. The summed E-state index contributed by atoms with van der Waals surface area (Å²) in [5.41, 5.74) is 1.11. The van der Waals surface area contributed by atoms with E-state index in [1.54, 1.807) is 6.92 Å². The monoisotopic (exact) mass is 381 g/mol. The van der Waals surface area contributed by atoms with Crippen LogP contribution in [0.5, 0.6) is 0 Å². The van der Waals surface area contributed by atoms with Crippen molar-refractivity contribution in [1.82, 2.24) is 4.90 Å². The van der Waals surface area contributed by atoms with Crippen molar-refractivity contribution in [2.45, 2.75) is 121 Å². The van der Waals surface area contributed by atoms with Gasteiger partial charge in [0, 0.05) is 20.0 Å². The van der Waals surface area contributed by atoms with Crippen LogP contribution in [-0.2, 0) is 4.79 Å². The highest BCUT2D eigenvalue weighted by Gasteiger charge is 2.29. The second kappa shape index (κ2) is 11.5. The maximum absolute atomic E-state index is 12.1. The van der Waals surface area contributed by atoms with Gasteiger partial charge in [0.1, 0.15) is 0 Å². The number of nitrogens with zero attached hydrogens (tertiary/aromatic N) is 1. The lowest BCUT2D eigenvalue weighted by Gasteiger charge is -2.36. The third-order valence-electron chi connectivity index (χ3n) is 6.37. The van der Waals surface area contributed by atoms with Gasteiger partial charge in [-0.2, -0.15) is 0 Å². The number of amides is 1. The van der Waals surface area contributed by atoms with Gasteiger partial charge in [0.2, 0.25) is 5.91 Å². The fourth-order valence-corrected chi connectivity index (χ4v) is 4.83. The second-order valence-electron chi connectivity index (χ2n) is 11.5. The first kappa shape index (κ1) is 26.5. The van der Waals surface area contributed by atoms with Crippen molar-refractivity contribution in [3.63, 3.8) is 0 Å². The predicted molar refractivity (Wildman–Crippen MR) is 121 cm³/mol. The molecule has 0 rings (SSSR count). The van der Waals surface area contributed by atoms with Gasteiger partial charge in [-0.15, -0.1) is 0 Å². The van der Waals surface area contributed by atoms with Gasteiger partial charge in [0.05, 0.1) is 0 Å². The molecule has 0 heterocycles. The lowest BCUT2D eigenvalue weighted by Crippen LogP contribution is -2.34. The van der Waals surface area contributed by atoms with Crippen molar-refractivity contribution in [1.29, 1.82) is 0 Å². The van der Waals surface area contributed by atoms with E-state index in [0.717, 1.165) is 31.8 Å². The fraction of sp³-hybridized carbons (Fsp3) is 0.960. The Morgan fingerprint density at radius 2 is 1.44 bits per heavy atom. The van der Waals surface area contributed by atoms with Crippen molar-refractivity contribution in [2.75, 3.05) is 13.1 Å². The highest BCUT2D eigenvalue weighted by Crippen LogP contribution is 2.39. The topological polar surface area (TPSA) is 20.3 Å². The summed E-state index contributed by atoms with van der Waals surface area (Å²) in [7, 11) is 0. The van der Waals surface area contributed by atoms with E-state index < -0.39 is 0 Å². The quantitative estimate of drug-likeness (QED) is 0.302. The van der Waals surface area contributed by atoms with Crippen LogP contribution in [0.3, 0.4) is 0 Å². The Labute approximate surface area is 171 Å². The Morgan fingerprint density at radius 1 is 0.889 bits per heavy atom. The van der Waals surface area contributed by atoms with E-state index in [2.05, 4.69) is 67.2 Å². The molecule has 1 unspecified atom stereocenters.